The van der Waals surface area contributed by atoms with E-state index < -0.39 is 0 Å². The second-order valence-electron chi connectivity index (χ2n) is 13.3. The number of furan rings is 1. The Morgan fingerprint density at radius 3 is 1.20 bits per heavy atom. The maximum absolute atomic E-state index is 6.47. The standard InChI is InChI=1S/C48H30N2O/c1-3-13-33(14-4-1)49-41-21-9-7-17-37(41)47-35(19-11-23-43(47)49)31-25-27-45-39(29-31)40-30-32(26-28-46(40)51-45)36-20-12-24-44-48(36)38-18-8-10-22-42(38)50(44)34-15-5-2-6-16-34/h1-30H. The lowest BCUT2D eigenvalue weighted by Gasteiger charge is -2.09. The van der Waals surface area contributed by atoms with E-state index in [-0.39, 0.29) is 0 Å². The first-order chi connectivity index (χ1) is 25.3. The van der Waals surface area contributed by atoms with E-state index in [1.54, 1.807) is 0 Å². The van der Waals surface area contributed by atoms with Crippen molar-refractivity contribution in [2.45, 2.75) is 0 Å². The van der Waals surface area contributed by atoms with Crippen LogP contribution in [0.5, 0.6) is 0 Å². The number of hydrogen-bond donors (Lipinski definition) is 0. The van der Waals surface area contributed by atoms with Gasteiger partial charge in [0.2, 0.25) is 0 Å². The smallest absolute Gasteiger partial charge is 0.135 e. The molecular weight excluding hydrogens is 621 g/mol. The van der Waals surface area contributed by atoms with E-state index in [4.69, 9.17) is 4.42 Å². The zero-order chi connectivity index (χ0) is 33.5. The molecule has 3 heteroatoms. The monoisotopic (exact) mass is 650 g/mol. The number of rotatable bonds is 4. The van der Waals surface area contributed by atoms with Gasteiger partial charge < -0.3 is 13.6 Å². The van der Waals surface area contributed by atoms with Gasteiger partial charge in [-0.1, -0.05) is 109 Å². The number of benzene rings is 8. The lowest BCUT2D eigenvalue weighted by Crippen LogP contribution is -1.92. The summed E-state index contributed by atoms with van der Waals surface area (Å²) >= 11 is 0. The normalized spacial score (nSPS) is 11.9. The fourth-order valence-corrected chi connectivity index (χ4v) is 8.34. The van der Waals surface area contributed by atoms with Crippen molar-refractivity contribution in [2.75, 3.05) is 0 Å². The Hall–Kier alpha value is -6.84. The molecule has 238 valence electrons. The number of para-hydroxylation sites is 4. The molecule has 0 bridgehead atoms. The summed E-state index contributed by atoms with van der Waals surface area (Å²) in [5, 5.41) is 7.24. The minimum atomic E-state index is 0.892. The summed E-state index contributed by atoms with van der Waals surface area (Å²) in [6.07, 6.45) is 0. The van der Waals surface area contributed by atoms with E-state index in [9.17, 15) is 0 Å². The molecule has 0 atom stereocenters. The topological polar surface area (TPSA) is 23.0 Å². The fourth-order valence-electron chi connectivity index (χ4n) is 8.34. The van der Waals surface area contributed by atoms with Gasteiger partial charge in [-0.05, 0) is 95.1 Å². The first kappa shape index (κ1) is 28.0. The van der Waals surface area contributed by atoms with Crippen LogP contribution in [0.15, 0.2) is 186 Å². The predicted octanol–water partition coefficient (Wildman–Crippen LogP) is 13.1. The minimum Gasteiger partial charge on any atom is -0.456 e. The third-order valence-electron chi connectivity index (χ3n) is 10.5. The van der Waals surface area contributed by atoms with E-state index in [1.165, 1.54) is 65.9 Å². The Kier molecular flexibility index (Phi) is 5.96. The Balaban J connectivity index is 1.12. The van der Waals surface area contributed by atoms with Crippen LogP contribution in [-0.2, 0) is 0 Å². The van der Waals surface area contributed by atoms with Gasteiger partial charge in [0.1, 0.15) is 11.2 Å². The molecule has 8 aromatic carbocycles. The van der Waals surface area contributed by atoms with E-state index in [2.05, 4.69) is 191 Å². The van der Waals surface area contributed by atoms with Crippen molar-refractivity contribution in [3.05, 3.63) is 182 Å². The highest BCUT2D eigenvalue weighted by atomic mass is 16.3. The van der Waals surface area contributed by atoms with Crippen LogP contribution in [0.2, 0.25) is 0 Å². The van der Waals surface area contributed by atoms with Crippen LogP contribution in [0.3, 0.4) is 0 Å². The molecular formula is C48H30N2O. The van der Waals surface area contributed by atoms with Crippen molar-refractivity contribution >= 4 is 65.6 Å². The second kappa shape index (κ2) is 10.8. The van der Waals surface area contributed by atoms with E-state index in [0.717, 1.165) is 33.3 Å². The molecule has 11 aromatic rings. The van der Waals surface area contributed by atoms with Gasteiger partial charge in [0, 0.05) is 43.7 Å². The van der Waals surface area contributed by atoms with Crippen LogP contribution in [-0.4, -0.2) is 9.13 Å². The maximum Gasteiger partial charge on any atom is 0.135 e. The summed E-state index contributed by atoms with van der Waals surface area (Å²) in [6.45, 7) is 0. The molecule has 11 rings (SSSR count). The van der Waals surface area contributed by atoms with Gasteiger partial charge in [-0.2, -0.15) is 0 Å². The van der Waals surface area contributed by atoms with E-state index in [1.807, 2.05) is 0 Å². The Labute approximate surface area is 293 Å². The van der Waals surface area contributed by atoms with Gasteiger partial charge in [-0.25, -0.2) is 0 Å². The molecule has 0 unspecified atom stereocenters. The number of aromatic nitrogens is 2. The number of nitrogens with zero attached hydrogens (tertiary/aromatic N) is 2. The van der Waals surface area contributed by atoms with Crippen molar-refractivity contribution in [3.63, 3.8) is 0 Å². The summed E-state index contributed by atoms with van der Waals surface area (Å²) in [7, 11) is 0. The van der Waals surface area contributed by atoms with Gasteiger partial charge in [-0.3, -0.25) is 0 Å². The molecule has 0 aliphatic carbocycles. The highest BCUT2D eigenvalue weighted by molar-refractivity contribution is 6.18. The second-order valence-corrected chi connectivity index (χ2v) is 13.3. The molecule has 0 N–H and O–H groups in total. The lowest BCUT2D eigenvalue weighted by atomic mass is 9.96. The first-order valence-corrected chi connectivity index (χ1v) is 17.4. The van der Waals surface area contributed by atoms with Gasteiger partial charge in [0.15, 0.2) is 0 Å². The van der Waals surface area contributed by atoms with Crippen molar-refractivity contribution in [2.24, 2.45) is 0 Å². The average molecular weight is 651 g/mol. The quantitative estimate of drug-likeness (QED) is 0.186. The highest BCUT2D eigenvalue weighted by Crippen LogP contribution is 2.43. The summed E-state index contributed by atoms with van der Waals surface area (Å²) < 4.78 is 11.2. The first-order valence-electron chi connectivity index (χ1n) is 17.4. The van der Waals surface area contributed by atoms with Crippen molar-refractivity contribution in [1.29, 1.82) is 0 Å². The summed E-state index contributed by atoms with van der Waals surface area (Å²) in [5.74, 6) is 0. The summed E-state index contributed by atoms with van der Waals surface area (Å²) in [6, 6.07) is 65.4. The molecule has 0 spiro atoms. The molecule has 51 heavy (non-hydrogen) atoms. The molecule has 0 radical (unpaired) electrons. The van der Waals surface area contributed by atoms with Gasteiger partial charge in [-0.15, -0.1) is 0 Å². The summed E-state index contributed by atoms with van der Waals surface area (Å²) in [5.41, 5.74) is 13.7. The Bertz CT molecular complexity index is 2910. The molecule has 3 nitrogen and oxygen atoms in total. The average Bonchev–Trinajstić information content (AvgIpc) is 3.86. The molecule has 0 amide bonds. The van der Waals surface area contributed by atoms with Gasteiger partial charge >= 0.3 is 0 Å². The van der Waals surface area contributed by atoms with E-state index in [0.29, 0.717) is 0 Å². The summed E-state index contributed by atoms with van der Waals surface area (Å²) in [4.78, 5) is 0. The zero-order valence-electron chi connectivity index (χ0n) is 27.6. The number of hydrogen-bond acceptors (Lipinski definition) is 1. The number of fused-ring (bicyclic) bond motifs is 9. The third kappa shape index (κ3) is 4.12. The predicted molar refractivity (Wildman–Crippen MR) is 213 cm³/mol. The van der Waals surface area contributed by atoms with Gasteiger partial charge in [0.05, 0.1) is 22.1 Å². The van der Waals surface area contributed by atoms with E-state index >= 15 is 0 Å². The van der Waals surface area contributed by atoms with Gasteiger partial charge in [0.25, 0.3) is 0 Å². The van der Waals surface area contributed by atoms with Crippen LogP contribution >= 0.6 is 0 Å². The molecule has 0 saturated carbocycles. The zero-order valence-corrected chi connectivity index (χ0v) is 27.6. The Morgan fingerprint density at radius 2 is 0.725 bits per heavy atom. The fraction of sp³-hybridized carbons (Fsp3) is 0. The lowest BCUT2D eigenvalue weighted by molar-refractivity contribution is 0.669. The van der Waals surface area contributed by atoms with Crippen molar-refractivity contribution in [1.82, 2.24) is 9.13 Å². The SMILES string of the molecule is c1ccc(-n2c3ccccc3c3c(-c4ccc5oc6ccc(-c7cccc8c7c7ccccc7n8-c7ccccc7)cc6c5c4)cccc32)cc1. The molecule has 3 heterocycles. The maximum atomic E-state index is 6.47. The minimum absolute atomic E-state index is 0.892. The molecule has 0 aliphatic rings. The van der Waals surface area contributed by atoms with Crippen LogP contribution in [0.4, 0.5) is 0 Å². The van der Waals surface area contributed by atoms with Crippen molar-refractivity contribution in [3.8, 4) is 33.6 Å². The van der Waals surface area contributed by atoms with Crippen LogP contribution in [0.25, 0.3) is 99.2 Å². The molecule has 0 aliphatic heterocycles. The Morgan fingerprint density at radius 1 is 0.314 bits per heavy atom. The third-order valence-corrected chi connectivity index (χ3v) is 10.5. The highest BCUT2D eigenvalue weighted by Gasteiger charge is 2.19. The molecule has 0 saturated heterocycles. The molecule has 0 fully saturated rings. The van der Waals surface area contributed by atoms with Crippen LogP contribution in [0.1, 0.15) is 0 Å². The van der Waals surface area contributed by atoms with Crippen LogP contribution < -0.4 is 0 Å². The largest absolute Gasteiger partial charge is 0.456 e. The van der Waals surface area contributed by atoms with Crippen molar-refractivity contribution < 1.29 is 4.42 Å². The molecule has 3 aromatic heterocycles. The van der Waals surface area contributed by atoms with Crippen LogP contribution in [0, 0.1) is 0 Å².